The number of ether oxygens (including phenoxy) is 1. The van der Waals surface area contributed by atoms with E-state index in [1.54, 1.807) is 0 Å². The number of amides is 2. The molecule has 1 saturated heterocycles. The van der Waals surface area contributed by atoms with Gasteiger partial charge in [0.25, 0.3) is 11.8 Å². The Morgan fingerprint density at radius 3 is 2.14 bits per heavy atom. The van der Waals surface area contributed by atoms with Gasteiger partial charge in [-0.1, -0.05) is 6.58 Å². The van der Waals surface area contributed by atoms with Crippen LogP contribution in [-0.2, 0) is 19.2 Å². The van der Waals surface area contributed by atoms with Crippen molar-refractivity contribution in [3.05, 3.63) is 42.0 Å². The van der Waals surface area contributed by atoms with Crippen LogP contribution in [0.1, 0.15) is 30.1 Å². The molecule has 7 heteroatoms. The van der Waals surface area contributed by atoms with Crippen LogP contribution in [0.2, 0.25) is 0 Å². The highest BCUT2D eigenvalue weighted by Crippen LogP contribution is 2.17. The normalized spacial score (nSPS) is 14.0. The molecule has 1 fully saturated rings. The van der Waals surface area contributed by atoms with Crippen LogP contribution in [0.25, 0.3) is 0 Å². The third-order valence-electron chi connectivity index (χ3n) is 2.83. The summed E-state index contributed by atoms with van der Waals surface area (Å²) < 4.78 is 4.97. The summed E-state index contributed by atoms with van der Waals surface area (Å²) in [4.78, 5) is 50.6. The quantitative estimate of drug-likeness (QED) is 0.361. The van der Waals surface area contributed by atoms with E-state index >= 15 is 0 Å². The minimum absolute atomic E-state index is 0.0297. The van der Waals surface area contributed by atoms with Gasteiger partial charge in [0.1, 0.15) is 5.75 Å². The van der Waals surface area contributed by atoms with Crippen LogP contribution in [0.4, 0.5) is 0 Å². The molecule has 114 valence electrons. The van der Waals surface area contributed by atoms with E-state index in [-0.39, 0.29) is 29.7 Å². The fraction of sp³-hybridized carbons (Fsp3) is 0.200. The van der Waals surface area contributed by atoms with Gasteiger partial charge in [-0.15, -0.1) is 5.06 Å². The number of esters is 1. The highest BCUT2D eigenvalue weighted by molar-refractivity contribution is 6.02. The van der Waals surface area contributed by atoms with Crippen molar-refractivity contribution in [1.82, 2.24) is 5.06 Å². The van der Waals surface area contributed by atoms with E-state index in [2.05, 4.69) is 6.58 Å². The van der Waals surface area contributed by atoms with E-state index in [0.29, 0.717) is 5.06 Å². The van der Waals surface area contributed by atoms with Crippen molar-refractivity contribution in [1.29, 1.82) is 0 Å². The average Bonchev–Trinajstić information content (AvgIpc) is 2.79. The fourth-order valence-electron chi connectivity index (χ4n) is 1.65. The Kier molecular flexibility index (Phi) is 4.36. The standard InChI is InChI=1S/C15H13NO6/c1-9(2)14(19)21-11-5-3-10(4-6-11)15(20)22-16-12(17)7-8-13(16)18/h3-6H,1,7-8H2,2H3. The number of carbonyl (C=O) groups is 4. The van der Waals surface area contributed by atoms with Crippen molar-refractivity contribution in [3.8, 4) is 5.75 Å². The molecule has 2 rings (SSSR count). The van der Waals surface area contributed by atoms with Crippen LogP contribution in [-0.4, -0.2) is 28.8 Å². The number of nitrogens with zero attached hydrogens (tertiary/aromatic N) is 1. The predicted octanol–water partition coefficient (Wildman–Crippen LogP) is 1.39. The van der Waals surface area contributed by atoms with Gasteiger partial charge in [-0.05, 0) is 31.2 Å². The minimum Gasteiger partial charge on any atom is -0.423 e. The molecule has 2 amide bonds. The first kappa shape index (κ1) is 15.4. The number of hydrogen-bond acceptors (Lipinski definition) is 6. The first-order chi connectivity index (χ1) is 10.4. The Hall–Kier alpha value is -2.96. The van der Waals surface area contributed by atoms with Crippen molar-refractivity contribution in [2.75, 3.05) is 0 Å². The molecule has 0 bridgehead atoms. The molecule has 0 aliphatic carbocycles. The molecule has 1 heterocycles. The largest absolute Gasteiger partial charge is 0.423 e. The van der Waals surface area contributed by atoms with E-state index in [9.17, 15) is 19.2 Å². The van der Waals surface area contributed by atoms with Crippen LogP contribution in [0, 0.1) is 0 Å². The molecule has 0 radical (unpaired) electrons. The monoisotopic (exact) mass is 303 g/mol. The van der Waals surface area contributed by atoms with E-state index < -0.39 is 23.8 Å². The molecule has 0 saturated carbocycles. The molecule has 0 atom stereocenters. The maximum atomic E-state index is 11.8. The van der Waals surface area contributed by atoms with E-state index in [1.807, 2.05) is 0 Å². The Balaban J connectivity index is 2.02. The minimum atomic E-state index is -0.846. The van der Waals surface area contributed by atoms with E-state index in [4.69, 9.17) is 9.57 Å². The second-order valence-corrected chi connectivity index (χ2v) is 4.65. The number of rotatable bonds is 4. The van der Waals surface area contributed by atoms with Gasteiger partial charge in [-0.2, -0.15) is 0 Å². The van der Waals surface area contributed by atoms with Gasteiger partial charge in [0.15, 0.2) is 0 Å². The Morgan fingerprint density at radius 1 is 1.09 bits per heavy atom. The summed E-state index contributed by atoms with van der Waals surface area (Å²) in [5.74, 6) is -2.29. The maximum absolute atomic E-state index is 11.8. The molecule has 0 spiro atoms. The summed E-state index contributed by atoms with van der Waals surface area (Å²) >= 11 is 0. The van der Waals surface area contributed by atoms with Gasteiger partial charge in [0, 0.05) is 18.4 Å². The molecular formula is C15H13NO6. The summed E-state index contributed by atoms with van der Waals surface area (Å²) in [6.07, 6.45) is 0.0593. The summed E-state index contributed by atoms with van der Waals surface area (Å²) in [6.45, 7) is 4.96. The second kappa shape index (κ2) is 6.21. The Labute approximate surface area is 126 Å². The van der Waals surface area contributed by atoms with Crippen molar-refractivity contribution in [2.45, 2.75) is 19.8 Å². The van der Waals surface area contributed by atoms with E-state index in [0.717, 1.165) is 0 Å². The van der Waals surface area contributed by atoms with Crippen LogP contribution < -0.4 is 4.74 Å². The SMILES string of the molecule is C=C(C)C(=O)Oc1ccc(C(=O)ON2C(=O)CCC2=O)cc1. The zero-order valence-electron chi connectivity index (χ0n) is 11.8. The van der Waals surface area contributed by atoms with Crippen molar-refractivity contribution < 1.29 is 28.8 Å². The van der Waals surface area contributed by atoms with Crippen molar-refractivity contribution >= 4 is 23.8 Å². The fourth-order valence-corrected chi connectivity index (χ4v) is 1.65. The molecule has 7 nitrogen and oxygen atoms in total. The molecule has 1 aromatic rings. The van der Waals surface area contributed by atoms with Gasteiger partial charge >= 0.3 is 11.9 Å². The van der Waals surface area contributed by atoms with Gasteiger partial charge in [0.2, 0.25) is 0 Å². The molecule has 0 aromatic heterocycles. The third kappa shape index (κ3) is 3.38. The van der Waals surface area contributed by atoms with Crippen LogP contribution in [0.5, 0.6) is 5.75 Å². The molecule has 1 aliphatic rings. The number of carbonyl (C=O) groups excluding carboxylic acids is 4. The van der Waals surface area contributed by atoms with Crippen molar-refractivity contribution in [2.24, 2.45) is 0 Å². The number of imide groups is 1. The molecule has 1 aliphatic heterocycles. The van der Waals surface area contributed by atoms with Gasteiger partial charge in [-0.25, -0.2) is 9.59 Å². The summed E-state index contributed by atoms with van der Waals surface area (Å²) in [7, 11) is 0. The number of hydrogen-bond donors (Lipinski definition) is 0. The van der Waals surface area contributed by atoms with Crippen molar-refractivity contribution in [3.63, 3.8) is 0 Å². The molecule has 22 heavy (non-hydrogen) atoms. The average molecular weight is 303 g/mol. The van der Waals surface area contributed by atoms with Crippen LogP contribution in [0.15, 0.2) is 36.4 Å². The summed E-state index contributed by atoms with van der Waals surface area (Å²) in [5, 5.41) is 0.470. The molecular weight excluding hydrogens is 290 g/mol. The lowest BCUT2D eigenvalue weighted by molar-refractivity contribution is -0.172. The van der Waals surface area contributed by atoms with Crippen LogP contribution >= 0.6 is 0 Å². The van der Waals surface area contributed by atoms with Gasteiger partial charge in [-0.3, -0.25) is 9.59 Å². The second-order valence-electron chi connectivity index (χ2n) is 4.65. The first-order valence-corrected chi connectivity index (χ1v) is 6.44. The zero-order chi connectivity index (χ0) is 16.3. The summed E-state index contributed by atoms with van der Waals surface area (Å²) in [5.41, 5.74) is 0.358. The van der Waals surface area contributed by atoms with E-state index in [1.165, 1.54) is 31.2 Å². The number of benzene rings is 1. The highest BCUT2D eigenvalue weighted by Gasteiger charge is 2.33. The smallest absolute Gasteiger partial charge is 0.363 e. The highest BCUT2D eigenvalue weighted by atomic mass is 16.7. The van der Waals surface area contributed by atoms with Gasteiger partial charge in [0.05, 0.1) is 5.56 Å². The lowest BCUT2D eigenvalue weighted by Gasteiger charge is -2.12. The lowest BCUT2D eigenvalue weighted by Crippen LogP contribution is -2.32. The Bertz CT molecular complexity index is 645. The maximum Gasteiger partial charge on any atom is 0.363 e. The third-order valence-corrected chi connectivity index (χ3v) is 2.83. The Morgan fingerprint density at radius 2 is 1.64 bits per heavy atom. The predicted molar refractivity (Wildman–Crippen MR) is 73.4 cm³/mol. The topological polar surface area (TPSA) is 90.0 Å². The summed E-state index contributed by atoms with van der Waals surface area (Å²) in [6, 6.07) is 5.50. The lowest BCUT2D eigenvalue weighted by atomic mass is 10.2. The van der Waals surface area contributed by atoms with Crippen LogP contribution in [0.3, 0.4) is 0 Å². The van der Waals surface area contributed by atoms with Gasteiger partial charge < -0.3 is 9.57 Å². The molecule has 0 N–H and O–H groups in total. The first-order valence-electron chi connectivity index (χ1n) is 6.44. The molecule has 0 unspecified atom stereocenters. The molecule has 1 aromatic carbocycles. The number of hydroxylamine groups is 2. The zero-order valence-corrected chi connectivity index (χ0v) is 11.8.